The molecule has 1 unspecified atom stereocenters. The monoisotopic (exact) mass is 304 g/mol. The van der Waals surface area contributed by atoms with E-state index in [-0.39, 0.29) is 5.69 Å². The first kappa shape index (κ1) is 16.8. The van der Waals surface area contributed by atoms with E-state index in [0.29, 0.717) is 5.56 Å². The first-order valence-corrected chi connectivity index (χ1v) is 5.98. The minimum absolute atomic E-state index is 0.0146. The normalized spacial score (nSPS) is 12.7. The van der Waals surface area contributed by atoms with E-state index < -0.39 is 29.8 Å². The van der Waals surface area contributed by atoms with Crippen LogP contribution < -0.4 is 5.32 Å². The van der Waals surface area contributed by atoms with Gasteiger partial charge in [0.1, 0.15) is 6.04 Å². The summed E-state index contributed by atoms with van der Waals surface area (Å²) in [6.45, 7) is 2.83. The zero-order valence-electron chi connectivity index (χ0n) is 11.7. The van der Waals surface area contributed by atoms with Crippen molar-refractivity contribution in [2.75, 3.05) is 12.4 Å². The number of likely N-dealkylation sites (N-methyl/N-ethyl adjacent to an activating group) is 1. The smallest absolute Gasteiger partial charge is 0.416 e. The Morgan fingerprint density at radius 3 is 2.38 bits per heavy atom. The number of halogens is 3. The molecule has 116 valence electrons. The van der Waals surface area contributed by atoms with E-state index in [1.54, 1.807) is 0 Å². The highest BCUT2D eigenvalue weighted by Crippen LogP contribution is 2.32. The number of anilines is 1. The van der Waals surface area contributed by atoms with Crippen molar-refractivity contribution in [2.24, 2.45) is 0 Å². The maximum Gasteiger partial charge on any atom is 0.416 e. The molecule has 0 spiro atoms. The van der Waals surface area contributed by atoms with Crippen molar-refractivity contribution in [1.29, 1.82) is 0 Å². The Bertz CT molecular complexity index is 558. The standard InChI is InChI=1S/C13H15F3N2O3/c1-7-4-5-9(13(14,15)16)6-10(7)17-12(21)18(3)8(2)11(19)20/h4-6,8H,1-3H3,(H,17,21)(H,19,20). The molecule has 0 aliphatic heterocycles. The minimum Gasteiger partial charge on any atom is -0.480 e. The highest BCUT2D eigenvalue weighted by Gasteiger charge is 2.31. The highest BCUT2D eigenvalue weighted by molar-refractivity contribution is 5.92. The Kier molecular flexibility index (Phi) is 4.82. The first-order chi connectivity index (χ1) is 9.54. The Hall–Kier alpha value is -2.25. The zero-order chi connectivity index (χ0) is 16.4. The summed E-state index contributed by atoms with van der Waals surface area (Å²) in [4.78, 5) is 23.5. The molecule has 1 aromatic carbocycles. The van der Waals surface area contributed by atoms with Crippen molar-refractivity contribution in [1.82, 2.24) is 4.90 Å². The van der Waals surface area contributed by atoms with Crippen LogP contribution in [0.15, 0.2) is 18.2 Å². The first-order valence-electron chi connectivity index (χ1n) is 5.98. The summed E-state index contributed by atoms with van der Waals surface area (Å²) in [6.07, 6.45) is -4.52. The number of benzene rings is 1. The van der Waals surface area contributed by atoms with Gasteiger partial charge in [-0.15, -0.1) is 0 Å². The van der Waals surface area contributed by atoms with E-state index in [1.165, 1.54) is 27.0 Å². The SMILES string of the molecule is Cc1ccc(C(F)(F)F)cc1NC(=O)N(C)C(C)C(=O)O. The number of carboxylic acids is 1. The number of carbonyl (C=O) groups excluding carboxylic acids is 1. The third-order valence-electron chi connectivity index (χ3n) is 3.07. The van der Waals surface area contributed by atoms with Crippen LogP contribution in [0.4, 0.5) is 23.7 Å². The number of hydrogen-bond donors (Lipinski definition) is 2. The zero-order valence-corrected chi connectivity index (χ0v) is 11.7. The number of carboxylic acid groups (broad SMARTS) is 1. The molecule has 8 heteroatoms. The van der Waals surface area contributed by atoms with Crippen LogP contribution in [-0.2, 0) is 11.0 Å². The quantitative estimate of drug-likeness (QED) is 0.902. The molecule has 21 heavy (non-hydrogen) atoms. The summed E-state index contributed by atoms with van der Waals surface area (Å²) < 4.78 is 37.9. The molecule has 2 N–H and O–H groups in total. The van der Waals surface area contributed by atoms with Crippen LogP contribution in [0.2, 0.25) is 0 Å². The molecule has 0 radical (unpaired) electrons. The number of aliphatic carboxylic acids is 1. The second-order valence-corrected chi connectivity index (χ2v) is 4.58. The van der Waals surface area contributed by atoms with E-state index in [9.17, 15) is 22.8 Å². The fraction of sp³-hybridized carbons (Fsp3) is 0.385. The summed E-state index contributed by atoms with van der Waals surface area (Å²) in [5, 5.41) is 11.1. The number of nitrogens with zero attached hydrogens (tertiary/aromatic N) is 1. The van der Waals surface area contributed by atoms with Crippen LogP contribution in [0, 0.1) is 6.92 Å². The van der Waals surface area contributed by atoms with Crippen molar-refractivity contribution in [3.8, 4) is 0 Å². The Morgan fingerprint density at radius 2 is 1.90 bits per heavy atom. The van der Waals surface area contributed by atoms with Crippen molar-refractivity contribution < 1.29 is 27.9 Å². The molecule has 2 amide bonds. The van der Waals surface area contributed by atoms with Gasteiger partial charge >= 0.3 is 18.2 Å². The van der Waals surface area contributed by atoms with Gasteiger partial charge in [-0.25, -0.2) is 9.59 Å². The van der Waals surface area contributed by atoms with Gasteiger partial charge in [-0.3, -0.25) is 0 Å². The number of alkyl halides is 3. The van der Waals surface area contributed by atoms with Gasteiger partial charge in [0.25, 0.3) is 0 Å². The summed E-state index contributed by atoms with van der Waals surface area (Å²) >= 11 is 0. The predicted molar refractivity (Wildman–Crippen MR) is 70.1 cm³/mol. The molecule has 0 aliphatic carbocycles. The lowest BCUT2D eigenvalue weighted by atomic mass is 10.1. The lowest BCUT2D eigenvalue weighted by Crippen LogP contribution is -2.42. The fourth-order valence-corrected chi connectivity index (χ4v) is 1.48. The van der Waals surface area contributed by atoms with Crippen molar-refractivity contribution in [3.63, 3.8) is 0 Å². The number of amides is 2. The average molecular weight is 304 g/mol. The van der Waals surface area contributed by atoms with Gasteiger partial charge in [-0.2, -0.15) is 13.2 Å². The van der Waals surface area contributed by atoms with Gasteiger partial charge in [-0.1, -0.05) is 6.07 Å². The summed E-state index contributed by atoms with van der Waals surface area (Å²) in [6, 6.07) is 1.06. The molecule has 0 saturated carbocycles. The molecule has 5 nitrogen and oxygen atoms in total. The topological polar surface area (TPSA) is 69.6 Å². The molecular weight excluding hydrogens is 289 g/mol. The number of hydrogen-bond acceptors (Lipinski definition) is 2. The molecule has 1 atom stereocenters. The van der Waals surface area contributed by atoms with Gasteiger partial charge in [0.15, 0.2) is 0 Å². The van der Waals surface area contributed by atoms with Gasteiger partial charge < -0.3 is 15.3 Å². The predicted octanol–water partition coefficient (Wildman–Crippen LogP) is 2.95. The molecule has 0 fully saturated rings. The third kappa shape index (κ3) is 4.11. The molecule has 0 saturated heterocycles. The van der Waals surface area contributed by atoms with E-state index in [4.69, 9.17) is 5.11 Å². The lowest BCUT2D eigenvalue weighted by molar-refractivity contribution is -0.141. The Labute approximate surface area is 119 Å². The van der Waals surface area contributed by atoms with Crippen molar-refractivity contribution in [3.05, 3.63) is 29.3 Å². The molecular formula is C13H15F3N2O3. The minimum atomic E-state index is -4.52. The molecule has 0 heterocycles. The van der Waals surface area contributed by atoms with E-state index in [2.05, 4.69) is 5.32 Å². The number of rotatable bonds is 3. The third-order valence-corrected chi connectivity index (χ3v) is 3.07. The Balaban J connectivity index is 2.97. The molecule has 1 rings (SSSR count). The van der Waals surface area contributed by atoms with E-state index >= 15 is 0 Å². The fourth-order valence-electron chi connectivity index (χ4n) is 1.48. The van der Waals surface area contributed by atoms with Crippen LogP contribution in [0.5, 0.6) is 0 Å². The lowest BCUT2D eigenvalue weighted by Gasteiger charge is -2.22. The van der Waals surface area contributed by atoms with Gasteiger partial charge in [0, 0.05) is 12.7 Å². The van der Waals surface area contributed by atoms with Crippen LogP contribution in [-0.4, -0.2) is 35.1 Å². The number of urea groups is 1. The second kappa shape index (κ2) is 6.02. The molecule has 0 bridgehead atoms. The second-order valence-electron chi connectivity index (χ2n) is 4.58. The maximum absolute atomic E-state index is 12.6. The van der Waals surface area contributed by atoms with Crippen LogP contribution in [0.25, 0.3) is 0 Å². The van der Waals surface area contributed by atoms with Gasteiger partial charge in [-0.05, 0) is 31.5 Å². The van der Waals surface area contributed by atoms with Crippen molar-refractivity contribution in [2.45, 2.75) is 26.1 Å². The van der Waals surface area contributed by atoms with Gasteiger partial charge in [0.05, 0.1) is 5.56 Å². The summed E-state index contributed by atoms with van der Waals surface area (Å²) in [7, 11) is 1.25. The van der Waals surface area contributed by atoms with Crippen LogP contribution in [0.3, 0.4) is 0 Å². The number of aryl methyl sites for hydroxylation is 1. The Morgan fingerprint density at radius 1 is 1.33 bits per heavy atom. The maximum atomic E-state index is 12.6. The van der Waals surface area contributed by atoms with Crippen LogP contribution in [0.1, 0.15) is 18.1 Å². The summed E-state index contributed by atoms with van der Waals surface area (Å²) in [5.74, 6) is -1.21. The highest BCUT2D eigenvalue weighted by atomic mass is 19.4. The number of carbonyl (C=O) groups is 2. The largest absolute Gasteiger partial charge is 0.480 e. The number of nitrogens with one attached hydrogen (secondary N) is 1. The average Bonchev–Trinajstić information content (AvgIpc) is 2.37. The molecule has 0 aliphatic rings. The van der Waals surface area contributed by atoms with Crippen LogP contribution >= 0.6 is 0 Å². The van der Waals surface area contributed by atoms with E-state index in [1.807, 2.05) is 0 Å². The molecule has 1 aromatic rings. The van der Waals surface area contributed by atoms with Gasteiger partial charge in [0.2, 0.25) is 0 Å². The summed E-state index contributed by atoms with van der Waals surface area (Å²) in [5.41, 5.74) is -0.468. The van der Waals surface area contributed by atoms with Crippen molar-refractivity contribution >= 4 is 17.7 Å². The van der Waals surface area contributed by atoms with E-state index in [0.717, 1.165) is 17.0 Å². The molecule has 0 aromatic heterocycles.